The predicted octanol–water partition coefficient (Wildman–Crippen LogP) is 2.93. The maximum Gasteiger partial charge on any atom is 0.305 e. The summed E-state index contributed by atoms with van der Waals surface area (Å²) in [5.41, 5.74) is 0. The summed E-state index contributed by atoms with van der Waals surface area (Å²) in [5.74, 6) is 1.51. The molecule has 0 saturated heterocycles. The molecule has 0 heterocycles. The molecule has 19 heavy (non-hydrogen) atoms. The Morgan fingerprint density at radius 1 is 1.21 bits per heavy atom. The van der Waals surface area contributed by atoms with Crippen LogP contribution in [0, 0.1) is 23.7 Å². The fourth-order valence-corrected chi connectivity index (χ4v) is 3.51. The van der Waals surface area contributed by atoms with Gasteiger partial charge in [0.05, 0.1) is 6.61 Å². The summed E-state index contributed by atoms with van der Waals surface area (Å²) in [6.45, 7) is 2.83. The molecular formula is C16H26O3. The normalized spacial score (nSPS) is 32.5. The molecule has 0 amide bonds. The van der Waals surface area contributed by atoms with Crippen LogP contribution in [-0.2, 0) is 9.53 Å². The molecule has 108 valence electrons. The highest BCUT2D eigenvalue weighted by molar-refractivity contribution is 5.69. The number of carbonyl (C=O) groups excluding carboxylic acids is 1. The highest BCUT2D eigenvalue weighted by Crippen LogP contribution is 2.44. The Morgan fingerprint density at radius 3 is 2.47 bits per heavy atom. The van der Waals surface area contributed by atoms with Gasteiger partial charge in [0.15, 0.2) is 0 Å². The maximum absolute atomic E-state index is 11.7. The minimum Gasteiger partial charge on any atom is -0.465 e. The average molecular weight is 266 g/mol. The van der Waals surface area contributed by atoms with Gasteiger partial charge in [-0.25, -0.2) is 0 Å². The van der Waals surface area contributed by atoms with Crippen LogP contribution in [0.3, 0.4) is 0 Å². The van der Waals surface area contributed by atoms with E-state index in [1.54, 1.807) is 0 Å². The van der Waals surface area contributed by atoms with Gasteiger partial charge in [0.25, 0.3) is 0 Å². The molecule has 4 unspecified atom stereocenters. The predicted molar refractivity (Wildman–Crippen MR) is 74.5 cm³/mol. The van der Waals surface area contributed by atoms with Gasteiger partial charge >= 0.3 is 5.97 Å². The molecular weight excluding hydrogens is 240 g/mol. The number of fused-ring (bicyclic) bond motifs is 2. The summed E-state index contributed by atoms with van der Waals surface area (Å²) in [6.07, 6.45) is 10.5. The number of aliphatic hydroxyl groups is 1. The Labute approximate surface area is 116 Å². The molecule has 0 spiro atoms. The minimum absolute atomic E-state index is 0.0735. The minimum atomic E-state index is -0.0735. The topological polar surface area (TPSA) is 46.5 Å². The van der Waals surface area contributed by atoms with Crippen molar-refractivity contribution >= 4 is 5.97 Å². The smallest absolute Gasteiger partial charge is 0.305 e. The van der Waals surface area contributed by atoms with E-state index in [1.165, 1.54) is 12.8 Å². The summed E-state index contributed by atoms with van der Waals surface area (Å²) in [5, 5.41) is 9.55. The fourth-order valence-electron chi connectivity index (χ4n) is 3.51. The van der Waals surface area contributed by atoms with Crippen LogP contribution in [0.15, 0.2) is 12.2 Å². The van der Waals surface area contributed by atoms with Crippen molar-refractivity contribution in [1.29, 1.82) is 0 Å². The largest absolute Gasteiger partial charge is 0.465 e. The molecule has 0 aromatic heterocycles. The van der Waals surface area contributed by atoms with Gasteiger partial charge in [-0.1, -0.05) is 31.9 Å². The number of hydrogen-bond acceptors (Lipinski definition) is 3. The van der Waals surface area contributed by atoms with Gasteiger partial charge in [0.1, 0.15) is 0 Å². The first-order chi connectivity index (χ1) is 9.26. The van der Waals surface area contributed by atoms with Gasteiger partial charge < -0.3 is 9.84 Å². The zero-order valence-corrected chi connectivity index (χ0v) is 11.9. The average Bonchev–Trinajstić information content (AvgIpc) is 2.46. The van der Waals surface area contributed by atoms with E-state index in [4.69, 9.17) is 4.74 Å². The summed E-state index contributed by atoms with van der Waals surface area (Å²) in [7, 11) is 0. The third-order valence-electron chi connectivity index (χ3n) is 4.72. The molecule has 1 fully saturated rings. The molecule has 0 aromatic carbocycles. The first-order valence-electron chi connectivity index (χ1n) is 7.71. The highest BCUT2D eigenvalue weighted by atomic mass is 16.5. The molecule has 0 aromatic rings. The van der Waals surface area contributed by atoms with E-state index < -0.39 is 0 Å². The lowest BCUT2D eigenvalue weighted by molar-refractivity contribution is -0.147. The Morgan fingerprint density at radius 2 is 1.89 bits per heavy atom. The van der Waals surface area contributed by atoms with Gasteiger partial charge in [-0.05, 0) is 37.0 Å². The van der Waals surface area contributed by atoms with Gasteiger partial charge in [-0.2, -0.15) is 0 Å². The molecule has 3 aliphatic rings. The van der Waals surface area contributed by atoms with Crippen LogP contribution in [0.4, 0.5) is 0 Å². The van der Waals surface area contributed by atoms with E-state index in [0.29, 0.717) is 30.8 Å². The van der Waals surface area contributed by atoms with Crippen molar-refractivity contribution in [2.24, 2.45) is 23.7 Å². The first kappa shape index (κ1) is 14.6. The van der Waals surface area contributed by atoms with Crippen molar-refractivity contribution in [1.82, 2.24) is 0 Å². The van der Waals surface area contributed by atoms with Crippen molar-refractivity contribution in [3.63, 3.8) is 0 Å². The van der Waals surface area contributed by atoms with Gasteiger partial charge in [0, 0.05) is 18.9 Å². The third kappa shape index (κ3) is 3.59. The third-order valence-corrected chi connectivity index (χ3v) is 4.72. The monoisotopic (exact) mass is 266 g/mol. The molecule has 3 heteroatoms. The lowest BCUT2D eigenvalue weighted by atomic mass is 9.63. The van der Waals surface area contributed by atoms with Gasteiger partial charge in [0.2, 0.25) is 0 Å². The number of rotatable bonds is 7. The number of unbranched alkanes of at least 4 members (excludes halogenated alkanes) is 2. The number of ether oxygens (including phenoxy) is 1. The van der Waals surface area contributed by atoms with Crippen molar-refractivity contribution in [2.45, 2.75) is 45.4 Å². The van der Waals surface area contributed by atoms with Crippen LogP contribution in [0.2, 0.25) is 0 Å². The lowest BCUT2D eigenvalue weighted by Crippen LogP contribution is -2.41. The van der Waals surface area contributed by atoms with E-state index >= 15 is 0 Å². The van der Waals surface area contributed by atoms with E-state index in [1.807, 2.05) is 0 Å². The molecule has 1 saturated carbocycles. The van der Waals surface area contributed by atoms with E-state index in [0.717, 1.165) is 19.3 Å². The molecule has 2 bridgehead atoms. The Bertz CT molecular complexity index is 324. The second kappa shape index (κ2) is 7.09. The first-order valence-corrected chi connectivity index (χ1v) is 7.71. The molecule has 0 radical (unpaired) electrons. The Kier molecular flexibility index (Phi) is 5.44. The van der Waals surface area contributed by atoms with Crippen LogP contribution < -0.4 is 0 Å². The fraction of sp³-hybridized carbons (Fsp3) is 0.812. The number of allylic oxidation sites excluding steroid dienone is 2. The second-order valence-corrected chi connectivity index (χ2v) is 5.94. The van der Waals surface area contributed by atoms with Crippen molar-refractivity contribution in [3.05, 3.63) is 12.2 Å². The SMILES string of the molecule is CCCCCC(=O)OCC1C2C=CC(CC2)C1CO. The van der Waals surface area contributed by atoms with Crippen LogP contribution in [0.1, 0.15) is 45.4 Å². The quantitative estimate of drug-likeness (QED) is 0.438. The zero-order valence-electron chi connectivity index (χ0n) is 11.9. The number of aliphatic hydroxyl groups excluding tert-OH is 1. The lowest BCUT2D eigenvalue weighted by Gasteiger charge is -2.44. The van der Waals surface area contributed by atoms with Crippen molar-refractivity contribution < 1.29 is 14.6 Å². The number of hydrogen-bond donors (Lipinski definition) is 1. The van der Waals surface area contributed by atoms with Crippen LogP contribution in [0.5, 0.6) is 0 Å². The molecule has 4 atom stereocenters. The molecule has 3 nitrogen and oxygen atoms in total. The summed E-state index contributed by atoms with van der Waals surface area (Å²) in [6, 6.07) is 0. The Balaban J connectivity index is 1.78. The molecule has 3 aliphatic carbocycles. The second-order valence-electron chi connectivity index (χ2n) is 5.94. The van der Waals surface area contributed by atoms with E-state index in [9.17, 15) is 9.90 Å². The molecule has 1 N–H and O–H groups in total. The molecule has 3 rings (SSSR count). The standard InChI is InChI=1S/C16H26O3/c1-2-3-4-5-16(18)19-11-15-13-8-6-12(7-9-13)14(15)10-17/h6,8,12-15,17H,2-5,7,9-11H2,1H3. The summed E-state index contributed by atoms with van der Waals surface area (Å²) >= 11 is 0. The number of esters is 1. The Hall–Kier alpha value is -0.830. The van der Waals surface area contributed by atoms with Crippen molar-refractivity contribution in [3.8, 4) is 0 Å². The van der Waals surface area contributed by atoms with Crippen molar-refractivity contribution in [2.75, 3.05) is 13.2 Å². The van der Waals surface area contributed by atoms with Crippen LogP contribution in [-0.4, -0.2) is 24.3 Å². The summed E-state index contributed by atoms with van der Waals surface area (Å²) < 4.78 is 5.43. The van der Waals surface area contributed by atoms with Gasteiger partial charge in [-0.3, -0.25) is 4.79 Å². The maximum atomic E-state index is 11.7. The molecule has 0 aliphatic heterocycles. The van der Waals surface area contributed by atoms with Crippen LogP contribution >= 0.6 is 0 Å². The van der Waals surface area contributed by atoms with E-state index in [-0.39, 0.29) is 18.5 Å². The highest BCUT2D eigenvalue weighted by Gasteiger charge is 2.40. The summed E-state index contributed by atoms with van der Waals surface area (Å²) in [4.78, 5) is 11.7. The van der Waals surface area contributed by atoms with E-state index in [2.05, 4.69) is 19.1 Å². The number of carbonyl (C=O) groups is 1. The zero-order chi connectivity index (χ0) is 13.7. The van der Waals surface area contributed by atoms with Gasteiger partial charge in [-0.15, -0.1) is 0 Å². The van der Waals surface area contributed by atoms with Crippen LogP contribution in [0.25, 0.3) is 0 Å².